The lowest BCUT2D eigenvalue weighted by atomic mass is 9.73. The largest absolute Gasteiger partial charge is 0.356 e. The van der Waals surface area contributed by atoms with Gasteiger partial charge in [-0.15, -0.1) is 0 Å². The molecule has 17 heavy (non-hydrogen) atoms. The molecule has 0 radical (unpaired) electrons. The number of piperidine rings is 1. The van der Waals surface area contributed by atoms with E-state index in [1.165, 1.54) is 11.1 Å². The fraction of sp³-hybridized carbons (Fsp3) is 0.533. The topological polar surface area (TPSA) is 29.1 Å². The van der Waals surface area contributed by atoms with Crippen molar-refractivity contribution in [3.05, 3.63) is 35.4 Å². The van der Waals surface area contributed by atoms with Crippen LogP contribution in [0.3, 0.4) is 0 Å². The summed E-state index contributed by atoms with van der Waals surface area (Å²) in [6.45, 7) is 0.863. The van der Waals surface area contributed by atoms with Gasteiger partial charge >= 0.3 is 0 Å². The summed E-state index contributed by atoms with van der Waals surface area (Å²) in [5.41, 5.74) is 2.73. The number of rotatable bonds is 0. The molecule has 1 heterocycles. The maximum Gasteiger partial charge on any atom is 0.226 e. The lowest BCUT2D eigenvalue weighted by Crippen LogP contribution is -2.46. The molecule has 1 fully saturated rings. The van der Waals surface area contributed by atoms with Crippen molar-refractivity contribution < 1.29 is 4.79 Å². The van der Waals surface area contributed by atoms with Crippen molar-refractivity contribution in [2.24, 2.45) is 5.41 Å². The van der Waals surface area contributed by atoms with E-state index >= 15 is 0 Å². The van der Waals surface area contributed by atoms with Gasteiger partial charge in [-0.3, -0.25) is 4.79 Å². The van der Waals surface area contributed by atoms with Crippen LogP contribution in [0.4, 0.5) is 0 Å². The second-order valence-electron chi connectivity index (χ2n) is 5.44. The van der Waals surface area contributed by atoms with Crippen LogP contribution in [0.2, 0.25) is 0 Å². The third-order valence-corrected chi connectivity index (χ3v) is 4.35. The second kappa shape index (κ2) is 4.17. The summed E-state index contributed by atoms with van der Waals surface area (Å²) < 4.78 is 0. The zero-order chi connectivity index (χ0) is 11.7. The Morgan fingerprint density at radius 3 is 2.65 bits per heavy atom. The van der Waals surface area contributed by atoms with Crippen LogP contribution >= 0.6 is 0 Å². The average Bonchev–Trinajstić information content (AvgIpc) is 2.53. The summed E-state index contributed by atoms with van der Waals surface area (Å²) in [6.07, 6.45) is 6.46. The highest BCUT2D eigenvalue weighted by Gasteiger charge is 2.41. The van der Waals surface area contributed by atoms with Crippen molar-refractivity contribution in [1.29, 1.82) is 0 Å². The Kier molecular flexibility index (Phi) is 2.65. The van der Waals surface area contributed by atoms with E-state index in [4.69, 9.17) is 0 Å². The molecule has 2 heteroatoms. The van der Waals surface area contributed by atoms with Crippen molar-refractivity contribution >= 4 is 5.91 Å². The molecule has 2 nitrogen and oxygen atoms in total. The summed E-state index contributed by atoms with van der Waals surface area (Å²) in [5.74, 6) is 0.292. The number of benzene rings is 1. The minimum Gasteiger partial charge on any atom is -0.356 e. The number of nitrogens with one attached hydrogen (secondary N) is 1. The van der Waals surface area contributed by atoms with E-state index < -0.39 is 0 Å². The first kappa shape index (κ1) is 10.8. The van der Waals surface area contributed by atoms with E-state index in [1.807, 2.05) is 0 Å². The SMILES string of the molecule is O=C1NCCCC12CCCc1ccccc1C2. The number of hydrogen-bond donors (Lipinski definition) is 1. The van der Waals surface area contributed by atoms with Crippen LogP contribution in [-0.2, 0) is 17.6 Å². The first-order chi connectivity index (χ1) is 8.30. The Balaban J connectivity index is 1.96. The summed E-state index contributed by atoms with van der Waals surface area (Å²) in [6, 6.07) is 8.62. The molecule has 90 valence electrons. The minimum absolute atomic E-state index is 0.106. The molecule has 3 rings (SSSR count). The third-order valence-electron chi connectivity index (χ3n) is 4.35. The smallest absolute Gasteiger partial charge is 0.226 e. The van der Waals surface area contributed by atoms with Crippen LogP contribution in [0, 0.1) is 5.41 Å². The number of amides is 1. The second-order valence-corrected chi connectivity index (χ2v) is 5.44. The number of fused-ring (bicyclic) bond motifs is 1. The average molecular weight is 229 g/mol. The monoisotopic (exact) mass is 229 g/mol. The van der Waals surface area contributed by atoms with E-state index in [-0.39, 0.29) is 5.41 Å². The zero-order valence-electron chi connectivity index (χ0n) is 10.2. The van der Waals surface area contributed by atoms with Crippen molar-refractivity contribution in [1.82, 2.24) is 5.32 Å². The Labute approximate surface area is 102 Å². The van der Waals surface area contributed by atoms with Crippen LogP contribution in [0.5, 0.6) is 0 Å². The normalized spacial score (nSPS) is 28.4. The Morgan fingerprint density at radius 2 is 1.82 bits per heavy atom. The van der Waals surface area contributed by atoms with Gasteiger partial charge in [-0.05, 0) is 49.7 Å². The summed E-state index contributed by atoms with van der Waals surface area (Å²) in [7, 11) is 0. The molecule has 1 saturated heterocycles. The van der Waals surface area contributed by atoms with Gasteiger partial charge in [0.15, 0.2) is 0 Å². The molecule has 1 unspecified atom stereocenters. The molecular weight excluding hydrogens is 210 g/mol. The summed E-state index contributed by atoms with van der Waals surface area (Å²) >= 11 is 0. The fourth-order valence-corrected chi connectivity index (χ4v) is 3.38. The lowest BCUT2D eigenvalue weighted by Gasteiger charge is -2.35. The third kappa shape index (κ3) is 1.86. The van der Waals surface area contributed by atoms with Crippen LogP contribution in [0.25, 0.3) is 0 Å². The zero-order valence-corrected chi connectivity index (χ0v) is 10.2. The van der Waals surface area contributed by atoms with Crippen LogP contribution in [0.1, 0.15) is 36.8 Å². The van der Waals surface area contributed by atoms with E-state index in [0.29, 0.717) is 5.91 Å². The molecule has 0 aromatic heterocycles. The van der Waals surface area contributed by atoms with Gasteiger partial charge in [0.1, 0.15) is 0 Å². The molecule has 1 spiro atoms. The van der Waals surface area contributed by atoms with Gasteiger partial charge in [0.25, 0.3) is 0 Å². The molecule has 1 aromatic carbocycles. The Morgan fingerprint density at radius 1 is 1.06 bits per heavy atom. The van der Waals surface area contributed by atoms with Gasteiger partial charge in [-0.1, -0.05) is 24.3 Å². The highest BCUT2D eigenvalue weighted by Crippen LogP contribution is 2.39. The van der Waals surface area contributed by atoms with Crippen LogP contribution in [0.15, 0.2) is 24.3 Å². The molecule has 1 aliphatic heterocycles. The molecule has 1 N–H and O–H groups in total. The van der Waals surface area contributed by atoms with Crippen molar-refractivity contribution in [2.75, 3.05) is 6.54 Å². The van der Waals surface area contributed by atoms with E-state index in [2.05, 4.69) is 29.6 Å². The lowest BCUT2D eigenvalue weighted by molar-refractivity contribution is -0.134. The predicted octanol–water partition coefficient (Wildman–Crippen LogP) is 2.46. The van der Waals surface area contributed by atoms with Gasteiger partial charge in [0, 0.05) is 6.54 Å². The van der Waals surface area contributed by atoms with E-state index in [1.54, 1.807) is 0 Å². The summed E-state index contributed by atoms with van der Waals surface area (Å²) in [4.78, 5) is 12.2. The van der Waals surface area contributed by atoms with Gasteiger partial charge in [-0.25, -0.2) is 0 Å². The molecular formula is C15H19NO. The fourth-order valence-electron chi connectivity index (χ4n) is 3.38. The highest BCUT2D eigenvalue weighted by atomic mass is 16.2. The van der Waals surface area contributed by atoms with Crippen LogP contribution < -0.4 is 5.32 Å². The first-order valence-corrected chi connectivity index (χ1v) is 6.65. The highest BCUT2D eigenvalue weighted by molar-refractivity contribution is 5.83. The molecule has 2 aliphatic rings. The van der Waals surface area contributed by atoms with Crippen molar-refractivity contribution in [3.63, 3.8) is 0 Å². The maximum atomic E-state index is 12.2. The number of carbonyl (C=O) groups excluding carboxylic acids is 1. The van der Waals surface area contributed by atoms with Gasteiger partial charge < -0.3 is 5.32 Å². The standard InChI is InChI=1S/C15H19NO/c17-14-15(9-4-10-16-14)8-3-7-12-5-1-2-6-13(12)11-15/h1-2,5-6H,3-4,7-11H2,(H,16,17). The maximum absolute atomic E-state index is 12.2. The quantitative estimate of drug-likeness (QED) is 0.727. The Hall–Kier alpha value is -1.31. The molecule has 1 aliphatic carbocycles. The van der Waals surface area contributed by atoms with Crippen LogP contribution in [-0.4, -0.2) is 12.5 Å². The predicted molar refractivity (Wildman–Crippen MR) is 67.8 cm³/mol. The number of hydrogen-bond acceptors (Lipinski definition) is 1. The van der Waals surface area contributed by atoms with Gasteiger partial charge in [-0.2, -0.15) is 0 Å². The van der Waals surface area contributed by atoms with E-state index in [0.717, 1.165) is 45.1 Å². The minimum atomic E-state index is -0.106. The number of aryl methyl sites for hydroxylation is 1. The van der Waals surface area contributed by atoms with Gasteiger partial charge in [0.2, 0.25) is 5.91 Å². The number of carbonyl (C=O) groups is 1. The molecule has 1 amide bonds. The molecule has 0 bridgehead atoms. The molecule has 1 atom stereocenters. The molecule has 1 aromatic rings. The first-order valence-electron chi connectivity index (χ1n) is 6.65. The van der Waals surface area contributed by atoms with Crippen molar-refractivity contribution in [3.8, 4) is 0 Å². The van der Waals surface area contributed by atoms with Gasteiger partial charge in [0.05, 0.1) is 5.41 Å². The van der Waals surface area contributed by atoms with E-state index in [9.17, 15) is 4.79 Å². The van der Waals surface area contributed by atoms with Crippen molar-refractivity contribution in [2.45, 2.75) is 38.5 Å². The molecule has 0 saturated carbocycles. The Bertz CT molecular complexity index is 440. The summed E-state index contributed by atoms with van der Waals surface area (Å²) in [5, 5.41) is 3.06.